The number of benzene rings is 1. The molecular formula is C19H31IN4O. The number of hydrogen-bond acceptors (Lipinski definition) is 3. The van der Waals surface area contributed by atoms with Crippen LogP contribution >= 0.6 is 24.0 Å². The van der Waals surface area contributed by atoms with Crippen LogP contribution in [-0.2, 0) is 4.74 Å². The lowest BCUT2D eigenvalue weighted by atomic mass is 10.0. The highest BCUT2D eigenvalue weighted by atomic mass is 127. The molecule has 0 aromatic heterocycles. The topological polar surface area (TPSA) is 40.1 Å². The number of guanidine groups is 1. The molecule has 2 aliphatic heterocycles. The molecule has 2 saturated heterocycles. The second-order valence-electron chi connectivity index (χ2n) is 7.01. The number of hydrogen-bond donors (Lipinski definition) is 1. The molecular weight excluding hydrogens is 427 g/mol. The molecule has 1 aromatic rings. The Morgan fingerprint density at radius 2 is 2.08 bits per heavy atom. The van der Waals surface area contributed by atoms with Crippen LogP contribution < -0.4 is 5.32 Å². The van der Waals surface area contributed by atoms with Gasteiger partial charge in [-0.05, 0) is 44.0 Å². The van der Waals surface area contributed by atoms with E-state index in [9.17, 15) is 0 Å². The Bertz CT molecular complexity index is 580. The summed E-state index contributed by atoms with van der Waals surface area (Å²) in [5.74, 6) is 1.73. The number of rotatable bonds is 3. The third-order valence-electron chi connectivity index (χ3n) is 5.15. The molecule has 1 aromatic carbocycles. The number of nitrogens with zero attached hydrogens (tertiary/aromatic N) is 3. The van der Waals surface area contributed by atoms with Gasteiger partial charge in [0.2, 0.25) is 0 Å². The van der Waals surface area contributed by atoms with Crippen molar-refractivity contribution in [2.45, 2.75) is 19.4 Å². The normalized spacial score (nSPS) is 24.9. The van der Waals surface area contributed by atoms with E-state index in [1.807, 2.05) is 7.05 Å². The van der Waals surface area contributed by atoms with Gasteiger partial charge >= 0.3 is 0 Å². The molecule has 2 fully saturated rings. The van der Waals surface area contributed by atoms with E-state index in [0.717, 1.165) is 38.1 Å². The number of ether oxygens (including phenoxy) is 1. The smallest absolute Gasteiger partial charge is 0.193 e. The predicted molar refractivity (Wildman–Crippen MR) is 114 cm³/mol. The van der Waals surface area contributed by atoms with E-state index >= 15 is 0 Å². The predicted octanol–water partition coefficient (Wildman–Crippen LogP) is 2.51. The van der Waals surface area contributed by atoms with E-state index in [1.165, 1.54) is 30.6 Å². The maximum Gasteiger partial charge on any atom is 0.193 e. The van der Waals surface area contributed by atoms with Gasteiger partial charge in [0.25, 0.3) is 0 Å². The molecule has 6 heteroatoms. The summed E-state index contributed by atoms with van der Waals surface area (Å²) in [7, 11) is 4.07. The van der Waals surface area contributed by atoms with Gasteiger partial charge in [-0.15, -0.1) is 24.0 Å². The van der Waals surface area contributed by atoms with E-state index in [4.69, 9.17) is 4.74 Å². The molecule has 2 unspecified atom stereocenters. The number of aliphatic imine (C=N–C) groups is 1. The fraction of sp³-hybridized carbons (Fsp3) is 0.632. The van der Waals surface area contributed by atoms with Crippen LogP contribution in [0, 0.1) is 12.8 Å². The first-order chi connectivity index (χ1) is 11.7. The molecule has 3 rings (SSSR count). The van der Waals surface area contributed by atoms with Gasteiger partial charge in [0, 0.05) is 26.7 Å². The summed E-state index contributed by atoms with van der Waals surface area (Å²) in [5, 5.41) is 3.58. The van der Waals surface area contributed by atoms with Gasteiger partial charge in [0.05, 0.1) is 13.2 Å². The highest BCUT2D eigenvalue weighted by Gasteiger charge is 2.26. The van der Waals surface area contributed by atoms with Crippen molar-refractivity contribution >= 4 is 29.9 Å². The van der Waals surface area contributed by atoms with Crippen molar-refractivity contribution in [3.8, 4) is 0 Å². The number of morpholine rings is 1. The average molecular weight is 458 g/mol. The van der Waals surface area contributed by atoms with E-state index in [-0.39, 0.29) is 30.1 Å². The van der Waals surface area contributed by atoms with Crippen LogP contribution in [0.4, 0.5) is 0 Å². The van der Waals surface area contributed by atoms with E-state index in [2.05, 4.69) is 58.3 Å². The number of likely N-dealkylation sites (tertiary alicyclic amines) is 1. The van der Waals surface area contributed by atoms with Crippen molar-refractivity contribution in [2.24, 2.45) is 10.9 Å². The van der Waals surface area contributed by atoms with E-state index in [1.54, 1.807) is 0 Å². The van der Waals surface area contributed by atoms with Crippen molar-refractivity contribution in [1.29, 1.82) is 0 Å². The Kier molecular flexibility index (Phi) is 7.96. The molecule has 0 amide bonds. The molecule has 2 heterocycles. The zero-order valence-corrected chi connectivity index (χ0v) is 17.9. The number of halogens is 1. The third-order valence-corrected chi connectivity index (χ3v) is 5.15. The molecule has 0 radical (unpaired) electrons. The molecule has 1 N–H and O–H groups in total. The van der Waals surface area contributed by atoms with Crippen LogP contribution in [0.1, 0.15) is 23.7 Å². The minimum Gasteiger partial charge on any atom is -0.370 e. The minimum atomic E-state index is 0. The van der Waals surface area contributed by atoms with Crippen molar-refractivity contribution in [1.82, 2.24) is 15.1 Å². The molecule has 2 atom stereocenters. The van der Waals surface area contributed by atoms with Crippen LogP contribution in [0.2, 0.25) is 0 Å². The van der Waals surface area contributed by atoms with Crippen LogP contribution in [0.5, 0.6) is 0 Å². The quantitative estimate of drug-likeness (QED) is 0.430. The summed E-state index contributed by atoms with van der Waals surface area (Å²) >= 11 is 0. The Morgan fingerprint density at radius 1 is 1.28 bits per heavy atom. The lowest BCUT2D eigenvalue weighted by Crippen LogP contribution is -2.49. The fourth-order valence-electron chi connectivity index (χ4n) is 3.74. The van der Waals surface area contributed by atoms with Gasteiger partial charge in [-0.2, -0.15) is 0 Å². The van der Waals surface area contributed by atoms with Gasteiger partial charge in [-0.1, -0.05) is 24.3 Å². The first kappa shape index (κ1) is 20.5. The standard InChI is InChI=1S/C19H30N4O.HI/c1-15-6-4-5-7-17(15)18-14-23(10-11-24-18)19(20-2)21-12-16-8-9-22(3)13-16;/h4-7,16,18H,8-14H2,1-3H3,(H,20,21);1H. The second kappa shape index (κ2) is 9.73. The summed E-state index contributed by atoms with van der Waals surface area (Å²) in [4.78, 5) is 9.24. The Labute approximate surface area is 168 Å². The molecule has 140 valence electrons. The SMILES string of the molecule is CN=C(NCC1CCN(C)C1)N1CCOC(c2ccccc2C)C1.I. The average Bonchev–Trinajstić information content (AvgIpc) is 3.01. The zero-order valence-electron chi connectivity index (χ0n) is 15.6. The maximum absolute atomic E-state index is 6.03. The lowest BCUT2D eigenvalue weighted by molar-refractivity contribution is -0.00835. The van der Waals surface area contributed by atoms with Crippen molar-refractivity contribution < 1.29 is 4.74 Å². The number of aryl methyl sites for hydroxylation is 1. The minimum absolute atomic E-state index is 0. The van der Waals surface area contributed by atoms with Gasteiger partial charge in [0.1, 0.15) is 6.10 Å². The summed E-state index contributed by atoms with van der Waals surface area (Å²) in [5.41, 5.74) is 2.58. The largest absolute Gasteiger partial charge is 0.370 e. The Hall–Kier alpha value is -0.860. The Balaban J connectivity index is 0.00000225. The molecule has 0 aliphatic carbocycles. The lowest BCUT2D eigenvalue weighted by Gasteiger charge is -2.36. The molecule has 0 spiro atoms. The molecule has 0 bridgehead atoms. The fourth-order valence-corrected chi connectivity index (χ4v) is 3.74. The highest BCUT2D eigenvalue weighted by molar-refractivity contribution is 14.0. The molecule has 2 aliphatic rings. The first-order valence-electron chi connectivity index (χ1n) is 8.98. The summed E-state index contributed by atoms with van der Waals surface area (Å²) < 4.78 is 6.03. The van der Waals surface area contributed by atoms with Crippen LogP contribution in [-0.4, -0.2) is 69.2 Å². The monoisotopic (exact) mass is 458 g/mol. The van der Waals surface area contributed by atoms with Crippen molar-refractivity contribution in [3.05, 3.63) is 35.4 Å². The summed E-state index contributed by atoms with van der Waals surface area (Å²) in [6.45, 7) is 8.04. The van der Waals surface area contributed by atoms with Crippen LogP contribution in [0.3, 0.4) is 0 Å². The molecule has 5 nitrogen and oxygen atoms in total. The zero-order chi connectivity index (χ0) is 16.9. The van der Waals surface area contributed by atoms with Crippen LogP contribution in [0.25, 0.3) is 0 Å². The van der Waals surface area contributed by atoms with Crippen LogP contribution in [0.15, 0.2) is 29.3 Å². The third kappa shape index (κ3) is 5.31. The molecule has 25 heavy (non-hydrogen) atoms. The maximum atomic E-state index is 6.03. The summed E-state index contributed by atoms with van der Waals surface area (Å²) in [6.07, 6.45) is 1.39. The van der Waals surface area contributed by atoms with Crippen molar-refractivity contribution in [2.75, 3.05) is 53.4 Å². The van der Waals surface area contributed by atoms with Crippen molar-refractivity contribution in [3.63, 3.8) is 0 Å². The van der Waals surface area contributed by atoms with E-state index in [0.29, 0.717) is 0 Å². The van der Waals surface area contributed by atoms with Gasteiger partial charge in [-0.3, -0.25) is 4.99 Å². The first-order valence-corrected chi connectivity index (χ1v) is 8.98. The van der Waals surface area contributed by atoms with Gasteiger partial charge in [-0.25, -0.2) is 0 Å². The van der Waals surface area contributed by atoms with Gasteiger partial charge in [0.15, 0.2) is 5.96 Å². The molecule has 0 saturated carbocycles. The summed E-state index contributed by atoms with van der Waals surface area (Å²) in [6, 6.07) is 8.50. The Morgan fingerprint density at radius 3 is 2.76 bits per heavy atom. The van der Waals surface area contributed by atoms with E-state index < -0.39 is 0 Å². The highest BCUT2D eigenvalue weighted by Crippen LogP contribution is 2.25. The van der Waals surface area contributed by atoms with Gasteiger partial charge < -0.3 is 19.9 Å². The number of nitrogens with one attached hydrogen (secondary N) is 1. The second-order valence-corrected chi connectivity index (χ2v) is 7.01.